The average Bonchev–Trinajstić information content (AvgIpc) is 2.72. The Morgan fingerprint density at radius 2 is 1.71 bits per heavy atom. The van der Waals surface area contributed by atoms with E-state index in [4.69, 9.17) is 39.2 Å². The molecule has 0 fully saturated rings. The smallest absolute Gasteiger partial charge is 0.246 e. The predicted molar refractivity (Wildman–Crippen MR) is 83.6 cm³/mol. The summed E-state index contributed by atoms with van der Waals surface area (Å²) in [5, 5.41) is 0.234. The van der Waals surface area contributed by atoms with E-state index < -0.39 is 10.0 Å². The Kier molecular flexibility index (Phi) is 4.90. The zero-order chi connectivity index (χ0) is 15.8. The third-order valence-corrected chi connectivity index (χ3v) is 5.75. The highest BCUT2D eigenvalue weighted by molar-refractivity contribution is 7.89. The Hall–Kier alpha value is -0.720. The van der Waals surface area contributed by atoms with Crippen molar-refractivity contribution >= 4 is 44.8 Å². The minimum absolute atomic E-state index is 0.0185. The van der Waals surface area contributed by atoms with Gasteiger partial charge in [0, 0.05) is 12.1 Å². The lowest BCUT2D eigenvalue weighted by Gasteiger charge is -2.18. The number of benzene rings is 1. The van der Waals surface area contributed by atoms with Crippen molar-refractivity contribution < 1.29 is 12.8 Å². The fourth-order valence-electron chi connectivity index (χ4n) is 1.81. The maximum atomic E-state index is 12.6. The molecule has 0 bridgehead atoms. The van der Waals surface area contributed by atoms with Gasteiger partial charge in [-0.25, -0.2) is 8.42 Å². The zero-order valence-corrected chi connectivity index (χ0v) is 14.3. The molecule has 0 unspecified atom stereocenters. The van der Waals surface area contributed by atoms with Gasteiger partial charge in [-0.15, -0.1) is 0 Å². The second-order valence-electron chi connectivity index (χ2n) is 4.47. The largest absolute Gasteiger partial charge is 0.465 e. The SMILES string of the molecule is Cc1ccc(CN(C)S(=O)(=O)c2c(Cl)cc(Cl)cc2Cl)o1. The molecule has 0 saturated heterocycles. The van der Waals surface area contributed by atoms with E-state index in [-0.39, 0.29) is 26.5 Å². The summed E-state index contributed by atoms with van der Waals surface area (Å²) in [5.41, 5.74) is 0. The molecule has 21 heavy (non-hydrogen) atoms. The molecule has 0 aliphatic rings. The van der Waals surface area contributed by atoms with Crippen molar-refractivity contribution in [3.8, 4) is 0 Å². The second kappa shape index (κ2) is 6.18. The Morgan fingerprint density at radius 1 is 1.14 bits per heavy atom. The van der Waals surface area contributed by atoms with E-state index in [0.29, 0.717) is 11.5 Å². The van der Waals surface area contributed by atoms with Crippen LogP contribution in [0.25, 0.3) is 0 Å². The van der Waals surface area contributed by atoms with Crippen LogP contribution in [0.15, 0.2) is 33.6 Å². The highest BCUT2D eigenvalue weighted by Gasteiger charge is 2.27. The van der Waals surface area contributed by atoms with E-state index in [2.05, 4.69) is 0 Å². The quantitative estimate of drug-likeness (QED) is 0.805. The topological polar surface area (TPSA) is 50.5 Å². The zero-order valence-electron chi connectivity index (χ0n) is 11.2. The number of hydrogen-bond donors (Lipinski definition) is 0. The fourth-order valence-corrected chi connectivity index (χ4v) is 4.43. The minimum atomic E-state index is -3.86. The lowest BCUT2D eigenvalue weighted by atomic mass is 10.4. The summed E-state index contributed by atoms with van der Waals surface area (Å²) in [6.45, 7) is 1.86. The monoisotopic (exact) mass is 367 g/mol. The first-order chi connectivity index (χ1) is 9.71. The molecular weight excluding hydrogens is 357 g/mol. The van der Waals surface area contributed by atoms with Gasteiger partial charge in [-0.05, 0) is 31.2 Å². The summed E-state index contributed by atoms with van der Waals surface area (Å²) >= 11 is 17.7. The number of furan rings is 1. The van der Waals surface area contributed by atoms with E-state index in [1.165, 1.54) is 19.2 Å². The summed E-state index contributed by atoms with van der Waals surface area (Å²) in [4.78, 5) is -0.166. The molecule has 0 aliphatic heterocycles. The molecule has 1 aromatic carbocycles. The number of aryl methyl sites for hydroxylation is 1. The first-order valence-corrected chi connectivity index (χ1v) is 8.45. The number of sulfonamides is 1. The molecule has 0 radical (unpaired) electrons. The lowest BCUT2D eigenvalue weighted by molar-refractivity contribution is 0.397. The Morgan fingerprint density at radius 3 is 2.19 bits per heavy atom. The van der Waals surface area contributed by atoms with Crippen LogP contribution in [0.1, 0.15) is 11.5 Å². The maximum absolute atomic E-state index is 12.6. The second-order valence-corrected chi connectivity index (χ2v) is 7.70. The minimum Gasteiger partial charge on any atom is -0.465 e. The lowest BCUT2D eigenvalue weighted by Crippen LogP contribution is -2.26. The molecular formula is C13H12Cl3NO3S. The van der Waals surface area contributed by atoms with Crippen molar-refractivity contribution in [2.75, 3.05) is 7.05 Å². The van der Waals surface area contributed by atoms with Crippen LogP contribution in [0.4, 0.5) is 0 Å². The Labute approximate surface area is 138 Å². The van der Waals surface area contributed by atoms with Gasteiger partial charge in [0.05, 0.1) is 16.6 Å². The molecule has 1 heterocycles. The summed E-state index contributed by atoms with van der Waals surface area (Å²) in [7, 11) is -2.43. The third kappa shape index (κ3) is 3.55. The molecule has 0 atom stereocenters. The fraction of sp³-hybridized carbons (Fsp3) is 0.231. The molecule has 0 aliphatic carbocycles. The van der Waals surface area contributed by atoms with E-state index in [9.17, 15) is 8.42 Å². The van der Waals surface area contributed by atoms with Crippen molar-refractivity contribution in [2.45, 2.75) is 18.4 Å². The van der Waals surface area contributed by atoms with Crippen molar-refractivity contribution in [2.24, 2.45) is 0 Å². The third-order valence-electron chi connectivity index (χ3n) is 2.81. The average molecular weight is 369 g/mol. The highest BCUT2D eigenvalue weighted by Crippen LogP contribution is 2.34. The standard InChI is InChI=1S/C13H12Cl3NO3S/c1-8-3-4-10(20-8)7-17(2)21(18,19)13-11(15)5-9(14)6-12(13)16/h3-6H,7H2,1-2H3. The van der Waals surface area contributed by atoms with Gasteiger partial charge in [0.1, 0.15) is 16.4 Å². The van der Waals surface area contributed by atoms with Crippen molar-refractivity contribution in [3.05, 3.63) is 50.9 Å². The van der Waals surface area contributed by atoms with Gasteiger partial charge < -0.3 is 4.42 Å². The van der Waals surface area contributed by atoms with Crippen molar-refractivity contribution in [1.82, 2.24) is 4.31 Å². The van der Waals surface area contributed by atoms with Crippen LogP contribution in [0.2, 0.25) is 15.1 Å². The summed E-state index contributed by atoms with van der Waals surface area (Å²) < 4.78 is 31.6. The van der Waals surface area contributed by atoms with Crippen LogP contribution in [0, 0.1) is 6.92 Å². The van der Waals surface area contributed by atoms with Crippen LogP contribution in [0.5, 0.6) is 0 Å². The van der Waals surface area contributed by atoms with Gasteiger partial charge in [0.2, 0.25) is 10.0 Å². The first kappa shape index (κ1) is 16.6. The normalized spacial score (nSPS) is 12.1. The van der Waals surface area contributed by atoms with Gasteiger partial charge in [-0.1, -0.05) is 34.8 Å². The molecule has 0 spiro atoms. The molecule has 1 aromatic heterocycles. The molecule has 4 nitrogen and oxygen atoms in total. The van der Waals surface area contributed by atoms with E-state index in [1.807, 2.05) is 0 Å². The molecule has 0 N–H and O–H groups in total. The molecule has 0 amide bonds. The molecule has 8 heteroatoms. The van der Waals surface area contributed by atoms with Gasteiger partial charge >= 0.3 is 0 Å². The number of halogens is 3. The summed E-state index contributed by atoms with van der Waals surface area (Å²) in [5.74, 6) is 1.23. The molecule has 114 valence electrons. The molecule has 2 aromatic rings. The number of hydrogen-bond acceptors (Lipinski definition) is 3. The number of nitrogens with zero attached hydrogens (tertiary/aromatic N) is 1. The Balaban J connectivity index is 2.38. The van der Waals surface area contributed by atoms with E-state index in [0.717, 1.165) is 4.31 Å². The van der Waals surface area contributed by atoms with Crippen molar-refractivity contribution in [1.29, 1.82) is 0 Å². The van der Waals surface area contributed by atoms with Gasteiger partial charge in [0.25, 0.3) is 0 Å². The van der Waals surface area contributed by atoms with Crippen LogP contribution in [-0.2, 0) is 16.6 Å². The van der Waals surface area contributed by atoms with Gasteiger partial charge in [0.15, 0.2) is 0 Å². The van der Waals surface area contributed by atoms with Gasteiger partial charge in [-0.2, -0.15) is 4.31 Å². The molecule has 2 rings (SSSR count). The van der Waals surface area contributed by atoms with Crippen LogP contribution in [-0.4, -0.2) is 19.8 Å². The summed E-state index contributed by atoms with van der Waals surface area (Å²) in [6, 6.07) is 6.16. The first-order valence-electron chi connectivity index (χ1n) is 5.88. The molecule has 0 saturated carbocycles. The number of rotatable bonds is 4. The van der Waals surface area contributed by atoms with Crippen molar-refractivity contribution in [3.63, 3.8) is 0 Å². The van der Waals surface area contributed by atoms with Gasteiger partial charge in [-0.3, -0.25) is 0 Å². The summed E-state index contributed by atoms with van der Waals surface area (Å²) in [6.07, 6.45) is 0. The van der Waals surface area contributed by atoms with Crippen LogP contribution >= 0.6 is 34.8 Å². The van der Waals surface area contributed by atoms with Crippen LogP contribution < -0.4 is 0 Å². The maximum Gasteiger partial charge on any atom is 0.246 e. The predicted octanol–water partition coefficient (Wildman–Crippen LogP) is 4.37. The van der Waals surface area contributed by atoms with Crippen LogP contribution in [0.3, 0.4) is 0 Å². The highest BCUT2D eigenvalue weighted by atomic mass is 35.5. The van der Waals surface area contributed by atoms with E-state index in [1.54, 1.807) is 19.1 Å². The van der Waals surface area contributed by atoms with E-state index >= 15 is 0 Å². The Bertz CT molecular complexity index is 748.